The van der Waals surface area contributed by atoms with Gasteiger partial charge in [-0.25, -0.2) is 4.79 Å². The molecule has 1 heterocycles. The van der Waals surface area contributed by atoms with Gasteiger partial charge in [0.15, 0.2) is 0 Å². The smallest absolute Gasteiger partial charge is 0.328 e. The summed E-state index contributed by atoms with van der Waals surface area (Å²) >= 11 is 0. The average Bonchev–Trinajstić information content (AvgIpc) is 3.29. The molecule has 2 amide bonds. The highest BCUT2D eigenvalue weighted by Gasteiger charge is 2.38. The number of hydrogen-bond donors (Lipinski definition) is 1. The number of hydrogen-bond acceptors (Lipinski definition) is 5. The quantitative estimate of drug-likeness (QED) is 0.259. The minimum Gasteiger partial charge on any atom is -0.467 e. The van der Waals surface area contributed by atoms with Crippen molar-refractivity contribution in [3.05, 3.63) is 114 Å². The summed E-state index contributed by atoms with van der Waals surface area (Å²) in [6, 6.07) is 28.9. The molecule has 0 aromatic heterocycles. The first kappa shape index (κ1) is 26.7. The van der Waals surface area contributed by atoms with Gasteiger partial charge in [0.25, 0.3) is 11.8 Å². The molecule has 0 bridgehead atoms. The van der Waals surface area contributed by atoms with Gasteiger partial charge in [0.2, 0.25) is 0 Å². The van der Waals surface area contributed by atoms with Crippen LogP contribution in [0.1, 0.15) is 40.1 Å². The van der Waals surface area contributed by atoms with Crippen molar-refractivity contribution in [1.82, 2.24) is 4.90 Å². The van der Waals surface area contributed by atoms with E-state index in [9.17, 15) is 14.4 Å². The molecule has 0 saturated carbocycles. The molecule has 4 aromatic rings. The molecular formula is C33H30N2O5. The van der Waals surface area contributed by atoms with Gasteiger partial charge >= 0.3 is 5.97 Å². The highest BCUT2D eigenvalue weighted by Crippen LogP contribution is 2.32. The monoisotopic (exact) mass is 534 g/mol. The summed E-state index contributed by atoms with van der Waals surface area (Å²) in [4.78, 5) is 40.3. The van der Waals surface area contributed by atoms with E-state index in [1.54, 1.807) is 23.1 Å². The fourth-order valence-electron chi connectivity index (χ4n) is 4.91. The number of ether oxygens (including phenoxy) is 2. The van der Waals surface area contributed by atoms with E-state index in [1.165, 1.54) is 7.11 Å². The second kappa shape index (κ2) is 11.5. The van der Waals surface area contributed by atoms with Crippen LogP contribution in [0.5, 0.6) is 11.5 Å². The zero-order valence-corrected chi connectivity index (χ0v) is 22.6. The van der Waals surface area contributed by atoms with Gasteiger partial charge in [0.1, 0.15) is 17.5 Å². The minimum absolute atomic E-state index is 0.0789. The van der Waals surface area contributed by atoms with E-state index in [4.69, 9.17) is 9.47 Å². The van der Waals surface area contributed by atoms with Crippen molar-refractivity contribution in [3.8, 4) is 22.6 Å². The molecule has 0 fully saturated rings. The molecule has 1 aliphatic rings. The van der Waals surface area contributed by atoms with Crippen molar-refractivity contribution in [1.29, 1.82) is 0 Å². The minimum atomic E-state index is -0.639. The Labute approximate surface area is 233 Å². The van der Waals surface area contributed by atoms with Crippen LogP contribution in [0.4, 0.5) is 5.69 Å². The fraction of sp³-hybridized carbons (Fsp3) is 0.182. The molecule has 1 aliphatic heterocycles. The van der Waals surface area contributed by atoms with Crippen LogP contribution in [-0.2, 0) is 16.1 Å². The lowest BCUT2D eigenvalue weighted by atomic mass is 10.00. The predicted molar refractivity (Wildman–Crippen MR) is 153 cm³/mol. The largest absolute Gasteiger partial charge is 0.467 e. The molecule has 40 heavy (non-hydrogen) atoms. The molecular weight excluding hydrogens is 504 g/mol. The summed E-state index contributed by atoms with van der Waals surface area (Å²) in [6.45, 7) is 4.17. The van der Waals surface area contributed by atoms with Gasteiger partial charge < -0.3 is 19.7 Å². The SMILES string of the molecule is COC(=O)[C@H](C(C)C)N1Cc2ccc(-c3ccc(NC(=O)c4ccccc4Oc4ccccc4)cc3)cc2C1=O. The molecule has 0 saturated heterocycles. The molecule has 1 atom stereocenters. The number of rotatable bonds is 8. The second-order valence-electron chi connectivity index (χ2n) is 9.96. The van der Waals surface area contributed by atoms with Crippen LogP contribution in [-0.4, -0.2) is 35.8 Å². The van der Waals surface area contributed by atoms with Gasteiger partial charge in [-0.2, -0.15) is 0 Å². The number of carbonyl (C=O) groups is 3. The first-order chi connectivity index (χ1) is 19.4. The van der Waals surface area contributed by atoms with E-state index in [2.05, 4.69) is 5.32 Å². The van der Waals surface area contributed by atoms with E-state index in [0.29, 0.717) is 34.9 Å². The molecule has 1 N–H and O–H groups in total. The Hall–Kier alpha value is -4.91. The lowest BCUT2D eigenvalue weighted by molar-refractivity contribution is -0.147. The van der Waals surface area contributed by atoms with Gasteiger partial charge in [0.05, 0.1) is 12.7 Å². The van der Waals surface area contributed by atoms with Crippen LogP contribution < -0.4 is 10.1 Å². The van der Waals surface area contributed by atoms with Crippen molar-refractivity contribution >= 4 is 23.5 Å². The lowest BCUT2D eigenvalue weighted by Gasteiger charge is -2.28. The number of anilines is 1. The van der Waals surface area contributed by atoms with E-state index in [1.807, 2.05) is 92.7 Å². The van der Waals surface area contributed by atoms with Crippen molar-refractivity contribution in [2.45, 2.75) is 26.4 Å². The second-order valence-corrected chi connectivity index (χ2v) is 9.96. The zero-order chi connectivity index (χ0) is 28.2. The van der Waals surface area contributed by atoms with E-state index >= 15 is 0 Å². The van der Waals surface area contributed by atoms with E-state index < -0.39 is 12.0 Å². The van der Waals surface area contributed by atoms with Gasteiger partial charge in [-0.15, -0.1) is 0 Å². The highest BCUT2D eigenvalue weighted by molar-refractivity contribution is 6.06. The van der Waals surface area contributed by atoms with Crippen molar-refractivity contribution in [2.24, 2.45) is 5.92 Å². The molecule has 7 nitrogen and oxygen atoms in total. The summed E-state index contributed by atoms with van der Waals surface area (Å²) in [5.41, 5.74) is 4.28. The number of carbonyl (C=O) groups excluding carboxylic acids is 3. The van der Waals surface area contributed by atoms with Crippen LogP contribution in [0, 0.1) is 5.92 Å². The fourth-order valence-corrected chi connectivity index (χ4v) is 4.91. The number of esters is 1. The van der Waals surface area contributed by atoms with E-state index in [0.717, 1.165) is 16.7 Å². The lowest BCUT2D eigenvalue weighted by Crippen LogP contribution is -2.45. The Kier molecular flexibility index (Phi) is 7.64. The van der Waals surface area contributed by atoms with Crippen LogP contribution in [0.2, 0.25) is 0 Å². The average molecular weight is 535 g/mol. The number of amides is 2. The molecule has 5 rings (SSSR count). The standard InChI is InChI=1S/C33H30N2O5/c1-21(2)30(33(38)39-3)35-20-24-14-13-23(19-28(24)32(35)37)22-15-17-25(18-16-22)34-31(36)27-11-7-8-12-29(27)40-26-9-5-4-6-10-26/h4-19,21,30H,20H2,1-3H3,(H,34,36)/t30-/m0/s1. The van der Waals surface area contributed by atoms with Crippen molar-refractivity contribution < 1.29 is 23.9 Å². The van der Waals surface area contributed by atoms with Crippen LogP contribution in [0.15, 0.2) is 97.1 Å². The van der Waals surface area contributed by atoms with Gasteiger partial charge in [-0.05, 0) is 65.1 Å². The molecule has 7 heteroatoms. The number of methoxy groups -OCH3 is 1. The first-order valence-corrected chi connectivity index (χ1v) is 13.1. The zero-order valence-electron chi connectivity index (χ0n) is 22.6. The maximum Gasteiger partial charge on any atom is 0.328 e. The Morgan fingerprint density at radius 1 is 0.850 bits per heavy atom. The van der Waals surface area contributed by atoms with Crippen LogP contribution in [0.25, 0.3) is 11.1 Å². The number of para-hydroxylation sites is 2. The Morgan fingerprint density at radius 3 is 2.23 bits per heavy atom. The normalized spacial score (nSPS) is 13.1. The molecule has 0 aliphatic carbocycles. The summed E-state index contributed by atoms with van der Waals surface area (Å²) in [6.07, 6.45) is 0. The topological polar surface area (TPSA) is 84.9 Å². The molecule has 4 aromatic carbocycles. The third kappa shape index (κ3) is 5.45. The van der Waals surface area contributed by atoms with E-state index in [-0.39, 0.29) is 17.7 Å². The third-order valence-corrected chi connectivity index (χ3v) is 6.93. The van der Waals surface area contributed by atoms with Crippen LogP contribution >= 0.6 is 0 Å². The molecule has 202 valence electrons. The summed E-state index contributed by atoms with van der Waals surface area (Å²) < 4.78 is 10.9. The van der Waals surface area contributed by atoms with Crippen molar-refractivity contribution in [3.63, 3.8) is 0 Å². The van der Waals surface area contributed by atoms with Crippen molar-refractivity contribution in [2.75, 3.05) is 12.4 Å². The summed E-state index contributed by atoms with van der Waals surface area (Å²) in [5, 5.41) is 2.93. The maximum atomic E-state index is 13.3. The van der Waals surface area contributed by atoms with Crippen LogP contribution in [0.3, 0.4) is 0 Å². The van der Waals surface area contributed by atoms with Gasteiger partial charge in [-0.3, -0.25) is 9.59 Å². The van der Waals surface area contributed by atoms with Gasteiger partial charge in [-0.1, -0.05) is 68.4 Å². The number of fused-ring (bicyclic) bond motifs is 1. The predicted octanol–water partition coefficient (Wildman–Crippen LogP) is 6.55. The number of nitrogens with zero attached hydrogens (tertiary/aromatic N) is 1. The third-order valence-electron chi connectivity index (χ3n) is 6.93. The Balaban J connectivity index is 1.31. The Morgan fingerprint density at radius 2 is 1.52 bits per heavy atom. The summed E-state index contributed by atoms with van der Waals surface area (Å²) in [5.74, 6) is 0.154. The molecule has 0 unspecified atom stereocenters. The Bertz CT molecular complexity index is 1550. The van der Waals surface area contributed by atoms with Gasteiger partial charge in [0, 0.05) is 17.8 Å². The molecule has 0 spiro atoms. The molecule has 0 radical (unpaired) electrons. The highest BCUT2D eigenvalue weighted by atomic mass is 16.5. The maximum absolute atomic E-state index is 13.3. The first-order valence-electron chi connectivity index (χ1n) is 13.1. The number of nitrogens with one attached hydrogen (secondary N) is 1. The summed E-state index contributed by atoms with van der Waals surface area (Å²) in [7, 11) is 1.34. The number of benzene rings is 4.